The van der Waals surface area contributed by atoms with Gasteiger partial charge in [-0.25, -0.2) is 9.97 Å². The standard InChI is InChI=1S/C52H31N5S/c1-3-13-33(14-4-1)49-41-29-30-46-48(40-19-9-12-22-45(40)58-46)47(41)39-28-27-36(31-42(39)53-49)32-23-25-35(26-24-32)51-54-50(34-15-5-2-6-16-34)55-52(56-51)57-43-20-10-7-17-37(43)38-18-8-11-21-44(38)57/h1-31H. The Morgan fingerprint density at radius 3 is 1.60 bits per heavy atom. The summed E-state index contributed by atoms with van der Waals surface area (Å²) in [5.74, 6) is 1.82. The summed E-state index contributed by atoms with van der Waals surface area (Å²) in [5, 5.41) is 8.48. The minimum absolute atomic E-state index is 0.583. The Bertz CT molecular complexity index is 3500. The van der Waals surface area contributed by atoms with E-state index in [9.17, 15) is 0 Å². The summed E-state index contributed by atoms with van der Waals surface area (Å²) in [6, 6.07) is 66.1. The third-order valence-corrected chi connectivity index (χ3v) is 12.4. The van der Waals surface area contributed by atoms with Gasteiger partial charge in [-0.15, -0.1) is 11.3 Å². The Balaban J connectivity index is 1.01. The number of hydrogen-bond acceptors (Lipinski definition) is 5. The SMILES string of the molecule is c1ccc(-c2nc(-c3ccc(-c4ccc5c(c4)nc(-c4ccccc4)c4ccc6sc7ccccc7c6c45)cc3)nc(-n3c4ccccc4c4ccccc43)n2)cc1. The highest BCUT2D eigenvalue weighted by molar-refractivity contribution is 7.26. The quantitative estimate of drug-likeness (QED) is 0.164. The molecule has 0 aliphatic rings. The molecule has 0 radical (unpaired) electrons. The van der Waals surface area contributed by atoms with E-state index in [0.717, 1.165) is 66.2 Å². The Hall–Kier alpha value is -7.54. The summed E-state index contributed by atoms with van der Waals surface area (Å²) >= 11 is 1.85. The first-order valence-corrected chi connectivity index (χ1v) is 20.2. The molecule has 8 aromatic carbocycles. The molecular formula is C52H31N5S. The van der Waals surface area contributed by atoms with Crippen LogP contribution in [0.15, 0.2) is 188 Å². The summed E-state index contributed by atoms with van der Waals surface area (Å²) in [7, 11) is 0. The number of nitrogens with zero attached hydrogens (tertiary/aromatic N) is 5. The molecule has 0 atom stereocenters. The highest BCUT2D eigenvalue weighted by atomic mass is 32.1. The monoisotopic (exact) mass is 757 g/mol. The van der Waals surface area contributed by atoms with Crippen molar-refractivity contribution >= 4 is 75.0 Å². The van der Waals surface area contributed by atoms with Crippen molar-refractivity contribution in [2.75, 3.05) is 0 Å². The van der Waals surface area contributed by atoms with Crippen molar-refractivity contribution in [2.24, 2.45) is 0 Å². The van der Waals surface area contributed by atoms with Gasteiger partial charge >= 0.3 is 0 Å². The molecule has 0 saturated carbocycles. The van der Waals surface area contributed by atoms with Crippen molar-refractivity contribution in [1.29, 1.82) is 0 Å². The van der Waals surface area contributed by atoms with E-state index in [-0.39, 0.29) is 0 Å². The highest BCUT2D eigenvalue weighted by Crippen LogP contribution is 2.44. The molecule has 0 N–H and O–H groups in total. The van der Waals surface area contributed by atoms with Gasteiger partial charge in [0.1, 0.15) is 0 Å². The van der Waals surface area contributed by atoms with Crippen LogP contribution in [0, 0.1) is 0 Å². The van der Waals surface area contributed by atoms with Crippen molar-refractivity contribution < 1.29 is 0 Å². The summed E-state index contributed by atoms with van der Waals surface area (Å²) < 4.78 is 4.73. The van der Waals surface area contributed by atoms with E-state index in [0.29, 0.717) is 17.6 Å². The Labute approximate surface area is 337 Å². The molecule has 12 rings (SSSR count). The van der Waals surface area contributed by atoms with Gasteiger partial charge in [0.25, 0.3) is 0 Å². The first-order valence-electron chi connectivity index (χ1n) is 19.4. The van der Waals surface area contributed by atoms with Crippen LogP contribution in [0.2, 0.25) is 0 Å². The van der Waals surface area contributed by atoms with Crippen LogP contribution in [0.1, 0.15) is 0 Å². The average Bonchev–Trinajstić information content (AvgIpc) is 3.85. The first-order chi connectivity index (χ1) is 28.7. The molecule has 4 heterocycles. The lowest BCUT2D eigenvalue weighted by Gasteiger charge is -2.13. The van der Waals surface area contributed by atoms with E-state index < -0.39 is 0 Å². The molecule has 0 aliphatic heterocycles. The molecule has 270 valence electrons. The zero-order valence-corrected chi connectivity index (χ0v) is 31.9. The summed E-state index contributed by atoms with van der Waals surface area (Å²) in [6.07, 6.45) is 0. The molecule has 0 amide bonds. The predicted molar refractivity (Wildman–Crippen MR) is 242 cm³/mol. The van der Waals surface area contributed by atoms with Crippen molar-refractivity contribution in [3.05, 3.63) is 188 Å². The highest BCUT2D eigenvalue weighted by Gasteiger charge is 2.19. The van der Waals surface area contributed by atoms with Gasteiger partial charge in [-0.2, -0.15) is 9.97 Å². The minimum Gasteiger partial charge on any atom is -0.278 e. The average molecular weight is 758 g/mol. The fourth-order valence-electron chi connectivity index (χ4n) is 8.57. The second-order valence-corrected chi connectivity index (χ2v) is 15.7. The lowest BCUT2D eigenvalue weighted by atomic mass is 9.94. The third-order valence-electron chi connectivity index (χ3n) is 11.3. The van der Waals surface area contributed by atoms with Gasteiger partial charge in [0, 0.05) is 63.8 Å². The van der Waals surface area contributed by atoms with E-state index in [1.54, 1.807) is 0 Å². The van der Waals surface area contributed by atoms with Crippen LogP contribution in [0.4, 0.5) is 0 Å². The Morgan fingerprint density at radius 1 is 0.345 bits per heavy atom. The summed E-state index contributed by atoms with van der Waals surface area (Å²) in [6.45, 7) is 0. The number of para-hydroxylation sites is 2. The Kier molecular flexibility index (Phi) is 7.33. The molecule has 0 bridgehead atoms. The number of hydrogen-bond donors (Lipinski definition) is 0. The molecule has 58 heavy (non-hydrogen) atoms. The van der Waals surface area contributed by atoms with Gasteiger partial charge in [0.2, 0.25) is 5.95 Å². The van der Waals surface area contributed by atoms with Gasteiger partial charge in [-0.3, -0.25) is 4.57 Å². The normalized spacial score (nSPS) is 11.8. The Morgan fingerprint density at radius 2 is 0.897 bits per heavy atom. The number of thiophene rings is 1. The summed E-state index contributed by atoms with van der Waals surface area (Å²) in [5.41, 5.74) is 9.21. The lowest BCUT2D eigenvalue weighted by Crippen LogP contribution is -2.06. The van der Waals surface area contributed by atoms with E-state index in [4.69, 9.17) is 19.9 Å². The fraction of sp³-hybridized carbons (Fsp3) is 0. The zero-order chi connectivity index (χ0) is 38.2. The molecule has 12 aromatic rings. The molecule has 0 spiro atoms. The van der Waals surface area contributed by atoms with Gasteiger partial charge in [0.15, 0.2) is 11.6 Å². The fourth-order valence-corrected chi connectivity index (χ4v) is 9.68. The van der Waals surface area contributed by atoms with Crippen LogP contribution in [0.3, 0.4) is 0 Å². The van der Waals surface area contributed by atoms with E-state index in [2.05, 4.69) is 162 Å². The van der Waals surface area contributed by atoms with Crippen LogP contribution in [0.5, 0.6) is 0 Å². The number of benzene rings is 8. The van der Waals surface area contributed by atoms with Crippen LogP contribution in [-0.4, -0.2) is 24.5 Å². The third kappa shape index (κ3) is 5.16. The molecule has 0 saturated heterocycles. The van der Waals surface area contributed by atoms with Crippen molar-refractivity contribution in [3.8, 4) is 51.1 Å². The molecule has 0 aliphatic carbocycles. The van der Waals surface area contributed by atoms with E-state index in [1.807, 2.05) is 41.7 Å². The van der Waals surface area contributed by atoms with Gasteiger partial charge in [-0.1, -0.05) is 158 Å². The molecule has 0 unspecified atom stereocenters. The molecule has 5 nitrogen and oxygen atoms in total. The van der Waals surface area contributed by atoms with Gasteiger partial charge < -0.3 is 0 Å². The molecule has 6 heteroatoms. The minimum atomic E-state index is 0.583. The second-order valence-electron chi connectivity index (χ2n) is 14.6. The van der Waals surface area contributed by atoms with E-state index in [1.165, 1.54) is 30.9 Å². The van der Waals surface area contributed by atoms with Crippen LogP contribution in [-0.2, 0) is 0 Å². The first kappa shape index (κ1) is 32.7. The zero-order valence-electron chi connectivity index (χ0n) is 31.0. The van der Waals surface area contributed by atoms with Gasteiger partial charge in [0.05, 0.1) is 22.2 Å². The smallest absolute Gasteiger partial charge is 0.238 e. The van der Waals surface area contributed by atoms with Crippen molar-refractivity contribution in [3.63, 3.8) is 0 Å². The van der Waals surface area contributed by atoms with Gasteiger partial charge in [-0.05, 0) is 41.5 Å². The lowest BCUT2D eigenvalue weighted by molar-refractivity contribution is 0.953. The number of aromatic nitrogens is 5. The number of rotatable bonds is 5. The maximum Gasteiger partial charge on any atom is 0.238 e. The topological polar surface area (TPSA) is 56.5 Å². The van der Waals surface area contributed by atoms with Crippen LogP contribution >= 0.6 is 11.3 Å². The number of pyridine rings is 1. The van der Waals surface area contributed by atoms with Crippen molar-refractivity contribution in [2.45, 2.75) is 0 Å². The van der Waals surface area contributed by atoms with Crippen LogP contribution < -0.4 is 0 Å². The molecule has 0 fully saturated rings. The maximum absolute atomic E-state index is 5.39. The maximum atomic E-state index is 5.39. The second kappa shape index (κ2) is 13.0. The molecular weight excluding hydrogens is 727 g/mol. The van der Waals surface area contributed by atoms with Crippen molar-refractivity contribution in [1.82, 2.24) is 24.5 Å². The molecule has 4 aromatic heterocycles. The number of fused-ring (bicyclic) bond motifs is 10. The largest absolute Gasteiger partial charge is 0.278 e. The van der Waals surface area contributed by atoms with E-state index >= 15 is 0 Å². The summed E-state index contributed by atoms with van der Waals surface area (Å²) in [4.78, 5) is 20.7. The van der Waals surface area contributed by atoms with Crippen LogP contribution in [0.25, 0.3) is 115 Å². The predicted octanol–water partition coefficient (Wildman–Crippen LogP) is 13.7.